The van der Waals surface area contributed by atoms with Crippen LogP contribution in [0.15, 0.2) is 0 Å². The summed E-state index contributed by atoms with van der Waals surface area (Å²) >= 11 is 0. The fraction of sp³-hybridized carbons (Fsp3) is 0.947. The molecule has 120 valence electrons. The van der Waals surface area contributed by atoms with Crippen molar-refractivity contribution in [2.24, 2.45) is 22.7 Å². The molecule has 0 amide bonds. The Morgan fingerprint density at radius 3 is 2.57 bits per heavy atom. The van der Waals surface area contributed by atoms with Crippen LogP contribution >= 0.6 is 0 Å². The van der Waals surface area contributed by atoms with Crippen LogP contribution in [0, 0.1) is 34.0 Å². The zero-order valence-corrected chi connectivity index (χ0v) is 14.8. The highest BCUT2D eigenvalue weighted by Gasteiger charge is 2.41. The predicted molar refractivity (Wildman–Crippen MR) is 88.9 cm³/mol. The minimum absolute atomic E-state index is 0.253. The van der Waals surface area contributed by atoms with Crippen molar-refractivity contribution in [1.29, 1.82) is 5.26 Å². The Hall–Kier alpha value is -0.550. The minimum atomic E-state index is 0.253. The van der Waals surface area contributed by atoms with Gasteiger partial charge in [-0.05, 0) is 55.4 Å². The van der Waals surface area contributed by atoms with Crippen LogP contribution < -0.4 is 0 Å². The number of nitrogens with zero attached hydrogens (tertiary/aromatic N) is 2. The molecule has 1 aliphatic carbocycles. The zero-order chi connectivity index (χ0) is 15.7. The third-order valence-corrected chi connectivity index (χ3v) is 6.40. The average molecular weight is 290 g/mol. The standard InChI is InChI=1S/C19H34N2/c1-6-19(4,5)16-9-8-15(13-20)17(12-16)21-11-7-10-18(2,3)14-21/h15-17H,6-12,14H2,1-5H3. The maximum Gasteiger partial charge on any atom is 0.0672 e. The van der Waals surface area contributed by atoms with E-state index in [1.54, 1.807) is 0 Å². The fourth-order valence-corrected chi connectivity index (χ4v) is 4.45. The fourth-order valence-electron chi connectivity index (χ4n) is 4.45. The first kappa shape index (κ1) is 16.8. The van der Waals surface area contributed by atoms with Crippen molar-refractivity contribution in [3.8, 4) is 6.07 Å². The van der Waals surface area contributed by atoms with Crippen molar-refractivity contribution < 1.29 is 0 Å². The summed E-state index contributed by atoms with van der Waals surface area (Å²) in [6.45, 7) is 14.3. The second kappa shape index (κ2) is 6.29. The van der Waals surface area contributed by atoms with Crippen LogP contribution in [-0.4, -0.2) is 24.0 Å². The van der Waals surface area contributed by atoms with E-state index >= 15 is 0 Å². The van der Waals surface area contributed by atoms with E-state index in [-0.39, 0.29) is 5.92 Å². The van der Waals surface area contributed by atoms with Crippen molar-refractivity contribution in [2.45, 2.75) is 79.2 Å². The molecule has 2 fully saturated rings. The highest BCUT2D eigenvalue weighted by Crippen LogP contribution is 2.44. The van der Waals surface area contributed by atoms with Gasteiger partial charge < -0.3 is 0 Å². The summed E-state index contributed by atoms with van der Waals surface area (Å²) < 4.78 is 0. The number of hydrogen-bond donors (Lipinski definition) is 0. The molecule has 2 heteroatoms. The van der Waals surface area contributed by atoms with Crippen LogP contribution in [0.3, 0.4) is 0 Å². The Kier molecular flexibility index (Phi) is 5.03. The molecular weight excluding hydrogens is 256 g/mol. The van der Waals surface area contributed by atoms with Crippen LogP contribution in [-0.2, 0) is 0 Å². The maximum atomic E-state index is 9.59. The molecule has 0 aromatic carbocycles. The van der Waals surface area contributed by atoms with Gasteiger partial charge in [-0.15, -0.1) is 0 Å². The number of nitriles is 1. The topological polar surface area (TPSA) is 27.0 Å². The molecule has 0 aromatic rings. The zero-order valence-electron chi connectivity index (χ0n) is 14.8. The lowest BCUT2D eigenvalue weighted by Gasteiger charge is -2.49. The van der Waals surface area contributed by atoms with Gasteiger partial charge in [-0.25, -0.2) is 0 Å². The molecular formula is C19H34N2. The molecule has 21 heavy (non-hydrogen) atoms. The van der Waals surface area contributed by atoms with E-state index in [4.69, 9.17) is 0 Å². The van der Waals surface area contributed by atoms with E-state index in [0.29, 0.717) is 16.9 Å². The van der Waals surface area contributed by atoms with Gasteiger partial charge in [0.25, 0.3) is 0 Å². The average Bonchev–Trinajstić information content (AvgIpc) is 2.45. The normalized spacial score (nSPS) is 34.4. The Morgan fingerprint density at radius 1 is 1.29 bits per heavy atom. The van der Waals surface area contributed by atoms with E-state index in [2.05, 4.69) is 45.6 Å². The molecule has 3 unspecified atom stereocenters. The van der Waals surface area contributed by atoms with E-state index in [0.717, 1.165) is 12.3 Å². The first-order chi connectivity index (χ1) is 9.79. The van der Waals surface area contributed by atoms with Crippen molar-refractivity contribution in [2.75, 3.05) is 13.1 Å². The van der Waals surface area contributed by atoms with Gasteiger partial charge in [0.15, 0.2) is 0 Å². The molecule has 0 bridgehead atoms. The first-order valence-electron chi connectivity index (χ1n) is 8.93. The molecule has 1 aliphatic heterocycles. The minimum Gasteiger partial charge on any atom is -0.299 e. The molecule has 1 heterocycles. The van der Waals surface area contributed by atoms with E-state index in [9.17, 15) is 5.26 Å². The van der Waals surface area contributed by atoms with E-state index in [1.807, 2.05) is 0 Å². The van der Waals surface area contributed by atoms with Crippen LogP contribution in [0.5, 0.6) is 0 Å². The van der Waals surface area contributed by atoms with Crippen LogP contribution in [0.25, 0.3) is 0 Å². The largest absolute Gasteiger partial charge is 0.299 e. The molecule has 2 nitrogen and oxygen atoms in total. The summed E-state index contributed by atoms with van der Waals surface area (Å²) in [4.78, 5) is 2.66. The van der Waals surface area contributed by atoms with Crippen LogP contribution in [0.4, 0.5) is 0 Å². The summed E-state index contributed by atoms with van der Waals surface area (Å²) in [5, 5.41) is 9.59. The van der Waals surface area contributed by atoms with Gasteiger partial charge in [-0.1, -0.05) is 41.0 Å². The quantitative estimate of drug-likeness (QED) is 0.742. The lowest BCUT2D eigenvalue weighted by Crippen LogP contribution is -2.51. The maximum absolute atomic E-state index is 9.59. The summed E-state index contributed by atoms with van der Waals surface area (Å²) in [5.41, 5.74) is 0.843. The smallest absolute Gasteiger partial charge is 0.0672 e. The summed E-state index contributed by atoms with van der Waals surface area (Å²) in [6, 6.07) is 3.13. The lowest BCUT2D eigenvalue weighted by molar-refractivity contribution is 0.0104. The predicted octanol–water partition coefficient (Wildman–Crippen LogP) is 4.85. The molecule has 2 aliphatic rings. The monoisotopic (exact) mass is 290 g/mol. The van der Waals surface area contributed by atoms with Gasteiger partial charge in [-0.3, -0.25) is 4.90 Å². The first-order valence-corrected chi connectivity index (χ1v) is 8.93. The van der Waals surface area contributed by atoms with Crippen molar-refractivity contribution in [1.82, 2.24) is 4.90 Å². The summed E-state index contributed by atoms with van der Waals surface area (Å²) in [7, 11) is 0. The Morgan fingerprint density at radius 2 is 2.00 bits per heavy atom. The summed E-state index contributed by atoms with van der Waals surface area (Å²) in [6.07, 6.45) is 7.45. The number of piperidine rings is 1. The van der Waals surface area contributed by atoms with Crippen molar-refractivity contribution in [3.63, 3.8) is 0 Å². The highest BCUT2D eigenvalue weighted by atomic mass is 15.2. The molecule has 2 rings (SSSR count). The lowest BCUT2D eigenvalue weighted by atomic mass is 9.65. The molecule has 0 aromatic heterocycles. The highest BCUT2D eigenvalue weighted by molar-refractivity contribution is 5.01. The number of likely N-dealkylation sites (tertiary alicyclic amines) is 1. The molecule has 0 N–H and O–H groups in total. The van der Waals surface area contributed by atoms with Gasteiger partial charge in [0.05, 0.1) is 12.0 Å². The molecule has 1 saturated carbocycles. The van der Waals surface area contributed by atoms with Crippen LogP contribution in [0.1, 0.15) is 73.1 Å². The van der Waals surface area contributed by atoms with Gasteiger partial charge in [0, 0.05) is 12.6 Å². The number of rotatable bonds is 3. The third-order valence-electron chi connectivity index (χ3n) is 6.40. The Bertz CT molecular complexity index is 391. The van der Waals surface area contributed by atoms with Crippen molar-refractivity contribution >= 4 is 0 Å². The molecule has 3 atom stereocenters. The van der Waals surface area contributed by atoms with Gasteiger partial charge in [0.2, 0.25) is 0 Å². The molecule has 1 saturated heterocycles. The second-order valence-electron chi connectivity index (χ2n) is 8.89. The summed E-state index contributed by atoms with van der Waals surface area (Å²) in [5.74, 6) is 1.03. The van der Waals surface area contributed by atoms with Gasteiger partial charge >= 0.3 is 0 Å². The Labute approximate surface area is 131 Å². The van der Waals surface area contributed by atoms with E-state index < -0.39 is 0 Å². The van der Waals surface area contributed by atoms with Crippen LogP contribution in [0.2, 0.25) is 0 Å². The van der Waals surface area contributed by atoms with E-state index in [1.165, 1.54) is 45.2 Å². The molecule has 0 radical (unpaired) electrons. The number of hydrogen-bond acceptors (Lipinski definition) is 2. The molecule has 0 spiro atoms. The van der Waals surface area contributed by atoms with Gasteiger partial charge in [0.1, 0.15) is 0 Å². The third kappa shape index (κ3) is 3.81. The Balaban J connectivity index is 2.12. The SMILES string of the molecule is CCC(C)(C)C1CCC(C#N)C(N2CCCC(C)(C)C2)C1. The van der Waals surface area contributed by atoms with Crippen molar-refractivity contribution in [3.05, 3.63) is 0 Å². The second-order valence-corrected chi connectivity index (χ2v) is 8.89. The van der Waals surface area contributed by atoms with Gasteiger partial charge in [-0.2, -0.15) is 5.26 Å².